The lowest BCUT2D eigenvalue weighted by molar-refractivity contribution is 0.0257. The molecule has 0 amide bonds. The number of ether oxygens (including phenoxy) is 3. The molecule has 7 heteroatoms. The number of methoxy groups -OCH3 is 1. The van der Waals surface area contributed by atoms with Crippen molar-refractivity contribution >= 4 is 5.97 Å². The van der Waals surface area contributed by atoms with Gasteiger partial charge in [0.1, 0.15) is 17.4 Å². The van der Waals surface area contributed by atoms with Crippen LogP contribution in [0.1, 0.15) is 23.2 Å². The van der Waals surface area contributed by atoms with Crippen molar-refractivity contribution in [1.82, 2.24) is 9.55 Å². The van der Waals surface area contributed by atoms with Crippen LogP contribution in [0.2, 0.25) is 0 Å². The molecule has 0 aromatic carbocycles. The molecule has 1 fully saturated rings. The molecule has 2 aromatic heterocycles. The van der Waals surface area contributed by atoms with Gasteiger partial charge in [0.05, 0.1) is 31.6 Å². The van der Waals surface area contributed by atoms with Crippen molar-refractivity contribution in [1.29, 1.82) is 0 Å². The summed E-state index contributed by atoms with van der Waals surface area (Å²) >= 11 is 0. The van der Waals surface area contributed by atoms with Crippen LogP contribution in [0.4, 0.5) is 0 Å². The number of carbonyl (C=O) groups excluding carboxylic acids is 1. The topological polar surface area (TPSA) is 79.7 Å². The molecule has 25 heavy (non-hydrogen) atoms. The van der Waals surface area contributed by atoms with Gasteiger partial charge in [-0.05, 0) is 18.2 Å². The Hall–Kier alpha value is -2.67. The highest BCUT2D eigenvalue weighted by molar-refractivity contribution is 5.90. The van der Waals surface area contributed by atoms with Crippen LogP contribution in [0.3, 0.4) is 0 Å². The Balaban J connectivity index is 2.03. The first-order valence-corrected chi connectivity index (χ1v) is 8.09. The van der Waals surface area contributed by atoms with E-state index in [0.717, 1.165) is 12.8 Å². The summed E-state index contributed by atoms with van der Waals surface area (Å²) in [6.07, 6.45) is 4.66. The van der Waals surface area contributed by atoms with Gasteiger partial charge in [-0.25, -0.2) is 4.79 Å². The smallest absolute Gasteiger partial charge is 0.337 e. The van der Waals surface area contributed by atoms with E-state index in [1.165, 1.54) is 17.9 Å². The van der Waals surface area contributed by atoms with Gasteiger partial charge in [0.15, 0.2) is 0 Å². The molecule has 7 nitrogen and oxygen atoms in total. The predicted molar refractivity (Wildman–Crippen MR) is 90.7 cm³/mol. The van der Waals surface area contributed by atoms with E-state index in [1.54, 1.807) is 31.4 Å². The molecule has 2 aromatic rings. The standard InChI is InChI=1S/C18H20N2O5/c1-20-8-4-15(25-13-5-9-24-10-6-13)16(17(20)21)14-11-12(3-7-19-14)18(22)23-2/h3-4,7-8,11,13H,5-6,9-10H2,1-2H3. The van der Waals surface area contributed by atoms with E-state index >= 15 is 0 Å². The third-order valence-corrected chi connectivity index (χ3v) is 4.13. The number of esters is 1. The van der Waals surface area contributed by atoms with Crippen LogP contribution in [0.15, 0.2) is 35.4 Å². The fourth-order valence-corrected chi connectivity index (χ4v) is 2.73. The lowest BCUT2D eigenvalue weighted by Gasteiger charge is -2.24. The van der Waals surface area contributed by atoms with Gasteiger partial charge in [-0.2, -0.15) is 0 Å². The van der Waals surface area contributed by atoms with E-state index in [4.69, 9.17) is 14.2 Å². The van der Waals surface area contributed by atoms with Crippen LogP contribution >= 0.6 is 0 Å². The molecule has 0 unspecified atom stereocenters. The molecular weight excluding hydrogens is 324 g/mol. The Morgan fingerprint density at radius 1 is 1.32 bits per heavy atom. The molecule has 3 rings (SSSR count). The van der Waals surface area contributed by atoms with Gasteiger partial charge < -0.3 is 18.8 Å². The van der Waals surface area contributed by atoms with E-state index in [-0.39, 0.29) is 11.7 Å². The molecule has 1 aliphatic rings. The van der Waals surface area contributed by atoms with Gasteiger partial charge >= 0.3 is 5.97 Å². The summed E-state index contributed by atoms with van der Waals surface area (Å²) in [5.74, 6) is -0.0205. The van der Waals surface area contributed by atoms with Crippen molar-refractivity contribution in [2.45, 2.75) is 18.9 Å². The maximum absolute atomic E-state index is 12.7. The average Bonchev–Trinajstić information content (AvgIpc) is 2.65. The fourth-order valence-electron chi connectivity index (χ4n) is 2.73. The van der Waals surface area contributed by atoms with Crippen molar-refractivity contribution in [2.75, 3.05) is 20.3 Å². The summed E-state index contributed by atoms with van der Waals surface area (Å²) < 4.78 is 17.6. The zero-order chi connectivity index (χ0) is 17.8. The molecule has 0 atom stereocenters. The number of rotatable bonds is 4. The molecule has 0 aliphatic carbocycles. The maximum Gasteiger partial charge on any atom is 0.337 e. The lowest BCUT2D eigenvalue weighted by Crippen LogP contribution is -2.27. The van der Waals surface area contributed by atoms with Crippen LogP contribution < -0.4 is 10.3 Å². The maximum atomic E-state index is 12.7. The molecule has 1 aliphatic heterocycles. The van der Waals surface area contributed by atoms with Gasteiger partial charge in [0.2, 0.25) is 0 Å². The van der Waals surface area contributed by atoms with Crippen molar-refractivity contribution in [3.05, 3.63) is 46.5 Å². The minimum absolute atomic E-state index is 0.0107. The first kappa shape index (κ1) is 17.2. The van der Waals surface area contributed by atoms with Crippen molar-refractivity contribution in [3.8, 4) is 17.0 Å². The Morgan fingerprint density at radius 2 is 2.08 bits per heavy atom. The highest BCUT2D eigenvalue weighted by atomic mass is 16.5. The number of carbonyl (C=O) groups is 1. The zero-order valence-electron chi connectivity index (χ0n) is 14.2. The monoisotopic (exact) mass is 344 g/mol. The quantitative estimate of drug-likeness (QED) is 0.787. The van der Waals surface area contributed by atoms with E-state index in [1.807, 2.05) is 0 Å². The molecule has 132 valence electrons. The molecule has 0 spiro atoms. The van der Waals surface area contributed by atoms with Crippen LogP contribution in [0.5, 0.6) is 5.75 Å². The van der Waals surface area contributed by atoms with Crippen LogP contribution in [0.25, 0.3) is 11.3 Å². The van der Waals surface area contributed by atoms with Crippen LogP contribution in [-0.4, -0.2) is 41.9 Å². The second kappa shape index (κ2) is 7.48. The first-order chi connectivity index (χ1) is 12.1. The van der Waals surface area contributed by atoms with Crippen molar-refractivity contribution in [2.24, 2.45) is 7.05 Å². The number of nitrogens with zero attached hydrogens (tertiary/aromatic N) is 2. The first-order valence-electron chi connectivity index (χ1n) is 8.09. The molecule has 0 saturated carbocycles. The molecule has 3 heterocycles. The summed E-state index contributed by atoms with van der Waals surface area (Å²) in [4.78, 5) is 28.7. The largest absolute Gasteiger partial charge is 0.489 e. The van der Waals surface area contributed by atoms with Gasteiger partial charge in [-0.3, -0.25) is 9.78 Å². The second-order valence-electron chi connectivity index (χ2n) is 5.82. The Morgan fingerprint density at radius 3 is 2.80 bits per heavy atom. The fraction of sp³-hybridized carbons (Fsp3) is 0.389. The number of aromatic nitrogens is 2. The molecule has 0 radical (unpaired) electrons. The minimum atomic E-state index is -0.483. The normalized spacial score (nSPS) is 15.0. The SMILES string of the molecule is COC(=O)c1ccnc(-c2c(OC3CCOCC3)ccn(C)c2=O)c1. The van der Waals surface area contributed by atoms with Crippen LogP contribution in [-0.2, 0) is 16.5 Å². The van der Waals surface area contributed by atoms with Gasteiger partial charge in [-0.15, -0.1) is 0 Å². The number of pyridine rings is 2. The van der Waals surface area contributed by atoms with E-state index in [2.05, 4.69) is 4.98 Å². The highest BCUT2D eigenvalue weighted by Crippen LogP contribution is 2.28. The van der Waals surface area contributed by atoms with Gasteiger partial charge in [0.25, 0.3) is 5.56 Å². The summed E-state index contributed by atoms with van der Waals surface area (Å²) in [6, 6.07) is 4.83. The van der Waals surface area contributed by atoms with Crippen LogP contribution in [0, 0.1) is 0 Å². The Bertz CT molecular complexity index is 824. The number of aryl methyl sites for hydroxylation is 1. The lowest BCUT2D eigenvalue weighted by atomic mass is 10.1. The van der Waals surface area contributed by atoms with Gasteiger partial charge in [0, 0.05) is 32.3 Å². The third-order valence-electron chi connectivity index (χ3n) is 4.13. The van der Waals surface area contributed by atoms with Gasteiger partial charge in [-0.1, -0.05) is 0 Å². The molecular formula is C18H20N2O5. The summed E-state index contributed by atoms with van der Waals surface area (Å²) in [6.45, 7) is 1.28. The zero-order valence-corrected chi connectivity index (χ0v) is 14.2. The summed E-state index contributed by atoms with van der Waals surface area (Å²) in [7, 11) is 2.97. The molecule has 1 saturated heterocycles. The highest BCUT2D eigenvalue weighted by Gasteiger charge is 2.21. The Labute approximate surface area is 145 Å². The minimum Gasteiger partial charge on any atom is -0.489 e. The second-order valence-corrected chi connectivity index (χ2v) is 5.82. The Kier molecular flexibility index (Phi) is 5.14. The summed E-state index contributed by atoms with van der Waals surface area (Å²) in [5, 5.41) is 0. The van der Waals surface area contributed by atoms with Crippen molar-refractivity contribution < 1.29 is 19.0 Å². The third kappa shape index (κ3) is 3.71. The van der Waals surface area contributed by atoms with E-state index < -0.39 is 5.97 Å². The molecule has 0 N–H and O–H groups in total. The van der Waals surface area contributed by atoms with E-state index in [0.29, 0.717) is 35.8 Å². The number of hydrogen-bond donors (Lipinski definition) is 0. The predicted octanol–water partition coefficient (Wildman–Crippen LogP) is 1.79. The van der Waals surface area contributed by atoms with E-state index in [9.17, 15) is 9.59 Å². The average molecular weight is 344 g/mol. The van der Waals surface area contributed by atoms with Crippen molar-refractivity contribution in [3.63, 3.8) is 0 Å². The molecule has 0 bridgehead atoms. The number of hydrogen-bond acceptors (Lipinski definition) is 6. The summed E-state index contributed by atoms with van der Waals surface area (Å²) in [5.41, 5.74) is 0.808.